The topological polar surface area (TPSA) is 98.5 Å². The summed E-state index contributed by atoms with van der Waals surface area (Å²) in [6.45, 7) is 3.29. The third kappa shape index (κ3) is 4.50. The Labute approximate surface area is 174 Å². The minimum Gasteiger partial charge on any atom is -0.455 e. The summed E-state index contributed by atoms with van der Waals surface area (Å²) in [6, 6.07) is 7.20. The first-order valence-electron chi connectivity index (χ1n) is 8.36. The number of carbonyl (C=O) groups excluding carboxylic acids is 2. The molecule has 28 heavy (non-hydrogen) atoms. The predicted octanol–water partition coefficient (Wildman–Crippen LogP) is 2.95. The maximum Gasteiger partial charge on any atom is 0.310 e. The highest BCUT2D eigenvalue weighted by molar-refractivity contribution is 9.10. The van der Waals surface area contributed by atoms with Crippen molar-refractivity contribution in [3.63, 3.8) is 0 Å². The number of halogens is 1. The Morgan fingerprint density at radius 1 is 1.25 bits per heavy atom. The molecule has 0 bridgehead atoms. The molecule has 0 spiro atoms. The average molecular weight is 464 g/mol. The third-order valence-corrected chi connectivity index (χ3v) is 5.27. The second-order valence-corrected chi connectivity index (χ2v) is 7.56. The van der Waals surface area contributed by atoms with Gasteiger partial charge in [-0.1, -0.05) is 23.9 Å². The van der Waals surface area contributed by atoms with Crippen molar-refractivity contribution < 1.29 is 14.3 Å². The molecule has 3 aromatic rings. The zero-order valence-corrected chi connectivity index (χ0v) is 17.9. The fraction of sp³-hybridized carbons (Fsp3) is 0.278. The highest BCUT2D eigenvalue weighted by Gasteiger charge is 2.17. The summed E-state index contributed by atoms with van der Waals surface area (Å²) in [7, 11) is 0. The van der Waals surface area contributed by atoms with Crippen LogP contribution in [0.3, 0.4) is 0 Å². The fourth-order valence-electron chi connectivity index (χ4n) is 2.62. The smallest absolute Gasteiger partial charge is 0.310 e. The van der Waals surface area contributed by atoms with Crippen molar-refractivity contribution in [2.45, 2.75) is 25.4 Å². The van der Waals surface area contributed by atoms with E-state index >= 15 is 0 Å². The molecule has 10 heteroatoms. The van der Waals surface area contributed by atoms with Gasteiger partial charge in [-0.05, 0) is 48.2 Å². The van der Waals surface area contributed by atoms with E-state index in [1.54, 1.807) is 16.6 Å². The van der Waals surface area contributed by atoms with Crippen LogP contribution in [0.5, 0.6) is 0 Å². The van der Waals surface area contributed by atoms with Gasteiger partial charge in [0.2, 0.25) is 5.16 Å². The number of fused-ring (bicyclic) bond motifs is 1. The number of nitrogens with one attached hydrogen (secondary N) is 1. The Bertz CT molecular complexity index is 1050. The van der Waals surface area contributed by atoms with Crippen molar-refractivity contribution in [3.05, 3.63) is 45.7 Å². The molecular weight excluding hydrogens is 446 g/mol. The molecule has 0 saturated carbocycles. The van der Waals surface area contributed by atoms with E-state index < -0.39 is 11.9 Å². The second kappa shape index (κ2) is 8.70. The number of aryl methyl sites for hydroxylation is 2. The summed E-state index contributed by atoms with van der Waals surface area (Å²) < 4.78 is 7.48. The third-order valence-electron chi connectivity index (χ3n) is 4.05. The largest absolute Gasteiger partial charge is 0.455 e. The number of hydrogen-bond acceptors (Lipinski definition) is 7. The van der Waals surface area contributed by atoms with Gasteiger partial charge < -0.3 is 10.1 Å². The molecule has 0 aliphatic rings. The number of carbonyl (C=O) groups is 2. The van der Waals surface area contributed by atoms with Gasteiger partial charge in [0.1, 0.15) is 0 Å². The maximum absolute atomic E-state index is 12.2. The Hall–Kier alpha value is -2.46. The van der Waals surface area contributed by atoms with Gasteiger partial charge >= 0.3 is 5.97 Å². The Morgan fingerprint density at radius 3 is 2.71 bits per heavy atom. The van der Waals surface area contributed by atoms with Gasteiger partial charge in [0.05, 0.1) is 12.1 Å². The van der Waals surface area contributed by atoms with Crippen LogP contribution in [0.4, 0.5) is 5.69 Å². The molecule has 2 aromatic heterocycles. The number of ether oxygens (including phenoxy) is 1. The summed E-state index contributed by atoms with van der Waals surface area (Å²) in [5, 5.41) is 7.65. The molecule has 0 fully saturated rings. The number of benzene rings is 1. The summed E-state index contributed by atoms with van der Waals surface area (Å²) in [5.41, 5.74) is 2.77. The van der Waals surface area contributed by atoms with Crippen molar-refractivity contribution in [1.29, 1.82) is 0 Å². The van der Waals surface area contributed by atoms with Crippen LogP contribution in [-0.2, 0) is 20.7 Å². The van der Waals surface area contributed by atoms with Crippen molar-refractivity contribution in [2.75, 3.05) is 18.2 Å². The number of rotatable bonds is 6. The van der Waals surface area contributed by atoms with Crippen LogP contribution < -0.4 is 5.32 Å². The summed E-state index contributed by atoms with van der Waals surface area (Å²) in [4.78, 5) is 33.0. The van der Waals surface area contributed by atoms with Crippen molar-refractivity contribution in [1.82, 2.24) is 19.6 Å². The molecular formula is C18H18BrN5O3S. The molecule has 2 heterocycles. The Morgan fingerprint density at radius 2 is 2.00 bits per heavy atom. The number of nitrogens with zero attached hydrogens (tertiary/aromatic N) is 4. The molecule has 0 saturated heterocycles. The number of hydrogen-bond donors (Lipinski definition) is 1. The Balaban J connectivity index is 1.64. The molecule has 1 amide bonds. The highest BCUT2D eigenvalue weighted by Crippen LogP contribution is 2.21. The first kappa shape index (κ1) is 20.3. The summed E-state index contributed by atoms with van der Waals surface area (Å²) >= 11 is 4.77. The first-order valence-corrected chi connectivity index (χ1v) is 10.4. The lowest BCUT2D eigenvalue weighted by Gasteiger charge is -2.11. The predicted molar refractivity (Wildman–Crippen MR) is 109 cm³/mol. The molecule has 8 nitrogen and oxygen atoms in total. The molecule has 1 aromatic carbocycles. The van der Waals surface area contributed by atoms with E-state index in [1.807, 2.05) is 32.2 Å². The van der Waals surface area contributed by atoms with E-state index in [4.69, 9.17) is 4.74 Å². The van der Waals surface area contributed by atoms with Crippen LogP contribution in [0, 0.1) is 13.8 Å². The number of esters is 1. The molecule has 0 radical (unpaired) electrons. The maximum atomic E-state index is 12.2. The van der Waals surface area contributed by atoms with Gasteiger partial charge in [0, 0.05) is 21.4 Å². The van der Waals surface area contributed by atoms with Crippen LogP contribution in [0.15, 0.2) is 33.9 Å². The van der Waals surface area contributed by atoms with E-state index in [2.05, 4.69) is 36.3 Å². The summed E-state index contributed by atoms with van der Waals surface area (Å²) in [5.74, 6) is -0.438. The van der Waals surface area contributed by atoms with E-state index in [0.717, 1.165) is 10.2 Å². The van der Waals surface area contributed by atoms with Gasteiger partial charge in [-0.3, -0.25) is 9.59 Å². The molecule has 0 unspecified atom stereocenters. The molecule has 3 rings (SSSR count). The standard InChI is InChI=1S/C18H18BrN5O3S/c1-10-12(11(2)24-17(20-10)22-18(23-24)28-3)8-16(26)27-9-15(25)21-14-7-5-4-6-13(14)19/h4-7H,8-9H2,1-3H3,(H,21,25). The zero-order chi connectivity index (χ0) is 20.3. The fourth-order valence-corrected chi connectivity index (χ4v) is 3.34. The first-order chi connectivity index (χ1) is 13.4. The second-order valence-electron chi connectivity index (χ2n) is 5.94. The van der Waals surface area contributed by atoms with Gasteiger partial charge in [0.15, 0.2) is 6.61 Å². The lowest BCUT2D eigenvalue weighted by molar-refractivity contribution is -0.146. The van der Waals surface area contributed by atoms with E-state index in [-0.39, 0.29) is 13.0 Å². The molecule has 0 atom stereocenters. The average Bonchev–Trinajstić information content (AvgIpc) is 3.08. The Kier molecular flexibility index (Phi) is 6.30. The van der Waals surface area contributed by atoms with Crippen molar-refractivity contribution in [2.24, 2.45) is 0 Å². The van der Waals surface area contributed by atoms with Crippen LogP contribution in [0.2, 0.25) is 0 Å². The number of aromatic nitrogens is 4. The van der Waals surface area contributed by atoms with Gasteiger partial charge in [-0.2, -0.15) is 4.98 Å². The van der Waals surface area contributed by atoms with E-state index in [9.17, 15) is 9.59 Å². The highest BCUT2D eigenvalue weighted by atomic mass is 79.9. The molecule has 1 N–H and O–H groups in total. The van der Waals surface area contributed by atoms with Crippen LogP contribution >= 0.6 is 27.7 Å². The van der Waals surface area contributed by atoms with Gasteiger partial charge in [-0.25, -0.2) is 9.50 Å². The quantitative estimate of drug-likeness (QED) is 0.443. The lowest BCUT2D eigenvalue weighted by Crippen LogP contribution is -2.22. The normalized spacial score (nSPS) is 10.9. The monoisotopic (exact) mass is 463 g/mol. The van der Waals surface area contributed by atoms with Crippen LogP contribution in [-0.4, -0.2) is 44.3 Å². The number of amides is 1. The number of thioether (sulfide) groups is 1. The number of anilines is 1. The van der Waals surface area contributed by atoms with E-state index in [1.165, 1.54) is 11.8 Å². The lowest BCUT2D eigenvalue weighted by atomic mass is 10.1. The SMILES string of the molecule is CSc1nc2nc(C)c(CC(=O)OCC(=O)Nc3ccccc3Br)c(C)n2n1. The minimum absolute atomic E-state index is 0.00260. The van der Waals surface area contributed by atoms with Crippen LogP contribution in [0.1, 0.15) is 17.0 Å². The molecule has 0 aliphatic heterocycles. The summed E-state index contributed by atoms with van der Waals surface area (Å²) in [6.07, 6.45) is 1.88. The van der Waals surface area contributed by atoms with Crippen molar-refractivity contribution >= 4 is 51.0 Å². The minimum atomic E-state index is -0.514. The van der Waals surface area contributed by atoms with E-state index in [0.29, 0.717) is 27.9 Å². The zero-order valence-electron chi connectivity index (χ0n) is 15.5. The molecule has 146 valence electrons. The van der Waals surface area contributed by atoms with Gasteiger partial charge in [0.25, 0.3) is 11.7 Å². The van der Waals surface area contributed by atoms with Gasteiger partial charge in [-0.15, -0.1) is 5.10 Å². The van der Waals surface area contributed by atoms with Crippen molar-refractivity contribution in [3.8, 4) is 0 Å². The number of para-hydroxylation sites is 1. The molecule has 0 aliphatic carbocycles. The van der Waals surface area contributed by atoms with Crippen LogP contribution in [0.25, 0.3) is 5.78 Å².